The van der Waals surface area contributed by atoms with E-state index in [-0.39, 0.29) is 0 Å². The smallest absolute Gasteiger partial charge is 0.148 e. The highest BCUT2D eigenvalue weighted by atomic mass is 16.5. The minimum Gasteiger partial charge on any atom is -0.380 e. The molecule has 1 N–H and O–H groups in total. The van der Waals surface area contributed by atoms with Crippen LogP contribution in [0, 0.1) is 6.92 Å². The number of aromatic nitrogens is 4. The third kappa shape index (κ3) is 3.20. The first kappa shape index (κ1) is 14.6. The molecule has 2 aliphatic heterocycles. The first-order valence-electron chi connectivity index (χ1n) is 8.19. The van der Waals surface area contributed by atoms with Crippen molar-refractivity contribution in [3.05, 3.63) is 35.5 Å². The third-order valence-corrected chi connectivity index (χ3v) is 4.55. The Morgan fingerprint density at radius 1 is 1.30 bits per heavy atom. The quantitative estimate of drug-likeness (QED) is 0.914. The van der Waals surface area contributed by atoms with E-state index in [2.05, 4.69) is 31.2 Å². The number of aryl methyl sites for hydroxylation is 1. The molecule has 1 atom stereocenters. The molecule has 122 valence electrons. The van der Waals surface area contributed by atoms with Crippen molar-refractivity contribution in [3.63, 3.8) is 0 Å². The molecular weight excluding hydrogens is 292 g/mol. The van der Waals surface area contributed by atoms with Crippen molar-refractivity contribution in [1.29, 1.82) is 0 Å². The molecule has 2 aliphatic rings. The van der Waals surface area contributed by atoms with Crippen molar-refractivity contribution in [2.45, 2.75) is 39.0 Å². The zero-order chi connectivity index (χ0) is 15.6. The van der Waals surface area contributed by atoms with Gasteiger partial charge in [0.2, 0.25) is 0 Å². The maximum absolute atomic E-state index is 5.51. The van der Waals surface area contributed by atoms with E-state index < -0.39 is 0 Å². The fourth-order valence-electron chi connectivity index (χ4n) is 3.21. The molecule has 2 aromatic rings. The second-order valence-electron chi connectivity index (χ2n) is 6.24. The summed E-state index contributed by atoms with van der Waals surface area (Å²) in [4.78, 5) is 7.27. The van der Waals surface area contributed by atoms with Crippen molar-refractivity contribution < 1.29 is 4.74 Å². The Morgan fingerprint density at radius 3 is 3.04 bits per heavy atom. The van der Waals surface area contributed by atoms with Crippen LogP contribution in [0.15, 0.2) is 18.3 Å². The zero-order valence-electron chi connectivity index (χ0n) is 13.4. The van der Waals surface area contributed by atoms with Gasteiger partial charge < -0.3 is 14.6 Å². The highest BCUT2D eigenvalue weighted by Gasteiger charge is 2.27. The molecule has 2 aromatic heterocycles. The summed E-state index contributed by atoms with van der Waals surface area (Å²) in [5, 5.41) is 11.5. The summed E-state index contributed by atoms with van der Waals surface area (Å²) in [6, 6.07) is 4.46. The molecule has 4 heterocycles. The minimum absolute atomic E-state index is 0.560. The van der Waals surface area contributed by atoms with Gasteiger partial charge in [0.05, 0.1) is 31.1 Å². The Bertz CT molecular complexity index is 662. The van der Waals surface area contributed by atoms with Crippen LogP contribution in [-0.2, 0) is 24.4 Å². The lowest BCUT2D eigenvalue weighted by Gasteiger charge is -2.31. The summed E-state index contributed by atoms with van der Waals surface area (Å²) in [7, 11) is 0. The number of rotatable bonds is 4. The topological polar surface area (TPSA) is 68.1 Å². The van der Waals surface area contributed by atoms with Crippen LogP contribution in [0.3, 0.4) is 0 Å². The summed E-state index contributed by atoms with van der Waals surface area (Å²) in [6.07, 6.45) is 3.29. The standard InChI is InChI=1S/C16H22N6O/c1-12-2-3-15(20-19-12)17-8-13-9-22-6-5-21(10-16(22)18-13)14-4-7-23-11-14/h2-3,9,14H,4-8,10-11H2,1H3,(H,17,20)/t14-/m1/s1. The van der Waals surface area contributed by atoms with E-state index in [1.807, 2.05) is 19.1 Å². The van der Waals surface area contributed by atoms with Crippen molar-refractivity contribution >= 4 is 5.82 Å². The number of ether oxygens (including phenoxy) is 1. The monoisotopic (exact) mass is 314 g/mol. The number of anilines is 1. The van der Waals surface area contributed by atoms with Gasteiger partial charge in [-0.15, -0.1) is 5.10 Å². The van der Waals surface area contributed by atoms with Gasteiger partial charge in [0.15, 0.2) is 0 Å². The van der Waals surface area contributed by atoms with Crippen LogP contribution in [0.4, 0.5) is 5.82 Å². The molecule has 0 amide bonds. The Balaban J connectivity index is 1.39. The van der Waals surface area contributed by atoms with Crippen LogP contribution in [0.2, 0.25) is 0 Å². The first-order valence-corrected chi connectivity index (χ1v) is 8.19. The highest BCUT2D eigenvalue weighted by molar-refractivity contribution is 5.33. The lowest BCUT2D eigenvalue weighted by molar-refractivity contribution is 0.121. The highest BCUT2D eigenvalue weighted by Crippen LogP contribution is 2.20. The molecule has 7 heteroatoms. The second-order valence-corrected chi connectivity index (χ2v) is 6.24. The largest absolute Gasteiger partial charge is 0.380 e. The van der Waals surface area contributed by atoms with Gasteiger partial charge in [-0.25, -0.2) is 4.98 Å². The van der Waals surface area contributed by atoms with Crippen molar-refractivity contribution in [1.82, 2.24) is 24.6 Å². The third-order valence-electron chi connectivity index (χ3n) is 4.55. The van der Waals surface area contributed by atoms with Crippen LogP contribution in [0.25, 0.3) is 0 Å². The minimum atomic E-state index is 0.560. The van der Waals surface area contributed by atoms with Crippen molar-refractivity contribution in [2.75, 3.05) is 25.1 Å². The number of hydrogen-bond donors (Lipinski definition) is 1. The van der Waals surface area contributed by atoms with E-state index in [4.69, 9.17) is 9.72 Å². The van der Waals surface area contributed by atoms with Crippen molar-refractivity contribution in [3.8, 4) is 0 Å². The van der Waals surface area contributed by atoms with E-state index in [0.29, 0.717) is 12.6 Å². The maximum atomic E-state index is 5.51. The molecule has 7 nitrogen and oxygen atoms in total. The van der Waals surface area contributed by atoms with Gasteiger partial charge in [0.25, 0.3) is 0 Å². The normalized spacial score (nSPS) is 21.3. The fraction of sp³-hybridized carbons (Fsp3) is 0.562. The van der Waals surface area contributed by atoms with E-state index in [0.717, 1.165) is 62.3 Å². The molecule has 0 unspecified atom stereocenters. The molecule has 0 aromatic carbocycles. The molecule has 1 fully saturated rings. The molecule has 0 saturated carbocycles. The molecule has 23 heavy (non-hydrogen) atoms. The molecule has 0 radical (unpaired) electrons. The Kier molecular flexibility index (Phi) is 3.97. The van der Waals surface area contributed by atoms with Gasteiger partial charge in [-0.05, 0) is 25.5 Å². The molecular formula is C16H22N6O. The fourth-order valence-corrected chi connectivity index (χ4v) is 3.21. The number of fused-ring (bicyclic) bond motifs is 1. The van der Waals surface area contributed by atoms with Gasteiger partial charge >= 0.3 is 0 Å². The lowest BCUT2D eigenvalue weighted by Crippen LogP contribution is -2.41. The maximum Gasteiger partial charge on any atom is 0.148 e. The molecule has 0 spiro atoms. The van der Waals surface area contributed by atoms with E-state index >= 15 is 0 Å². The summed E-state index contributed by atoms with van der Waals surface area (Å²) < 4.78 is 7.78. The average molecular weight is 314 g/mol. The predicted molar refractivity (Wildman–Crippen MR) is 86.0 cm³/mol. The van der Waals surface area contributed by atoms with Gasteiger partial charge in [-0.2, -0.15) is 5.10 Å². The summed E-state index contributed by atoms with van der Waals surface area (Å²) in [6.45, 7) is 7.35. The number of nitrogens with zero attached hydrogens (tertiary/aromatic N) is 5. The number of hydrogen-bond acceptors (Lipinski definition) is 6. The molecule has 0 aliphatic carbocycles. The van der Waals surface area contributed by atoms with Gasteiger partial charge in [-0.1, -0.05) is 0 Å². The second kappa shape index (κ2) is 6.25. The predicted octanol–water partition coefficient (Wildman–Crippen LogP) is 1.20. The van der Waals surface area contributed by atoms with E-state index in [1.165, 1.54) is 0 Å². The van der Waals surface area contributed by atoms with Crippen molar-refractivity contribution in [2.24, 2.45) is 0 Å². The van der Waals surface area contributed by atoms with E-state index in [9.17, 15) is 0 Å². The van der Waals surface area contributed by atoms with Crippen LogP contribution in [0.1, 0.15) is 23.6 Å². The van der Waals surface area contributed by atoms with Gasteiger partial charge in [-0.3, -0.25) is 4.90 Å². The summed E-state index contributed by atoms with van der Waals surface area (Å²) >= 11 is 0. The Hall–Kier alpha value is -1.99. The Labute approximate surface area is 135 Å². The SMILES string of the molecule is Cc1ccc(NCc2cn3c(n2)CN([C@@H]2CCOC2)CC3)nn1. The van der Waals surface area contributed by atoms with Crippen LogP contribution in [0.5, 0.6) is 0 Å². The van der Waals surface area contributed by atoms with Crippen LogP contribution < -0.4 is 5.32 Å². The summed E-state index contributed by atoms with van der Waals surface area (Å²) in [5.74, 6) is 1.93. The number of imidazole rings is 1. The van der Waals surface area contributed by atoms with Gasteiger partial charge in [0.1, 0.15) is 11.6 Å². The molecule has 0 bridgehead atoms. The lowest BCUT2D eigenvalue weighted by atomic mass is 10.2. The average Bonchev–Trinajstić information content (AvgIpc) is 3.23. The Morgan fingerprint density at radius 2 is 2.26 bits per heavy atom. The molecule has 4 rings (SSSR count). The summed E-state index contributed by atoms with van der Waals surface area (Å²) in [5.41, 5.74) is 1.97. The van der Waals surface area contributed by atoms with Crippen LogP contribution in [-0.4, -0.2) is 50.4 Å². The van der Waals surface area contributed by atoms with Crippen LogP contribution >= 0.6 is 0 Å². The first-order chi connectivity index (χ1) is 11.3. The zero-order valence-corrected chi connectivity index (χ0v) is 13.4. The van der Waals surface area contributed by atoms with Gasteiger partial charge in [0, 0.05) is 31.9 Å². The van der Waals surface area contributed by atoms with E-state index in [1.54, 1.807) is 0 Å². The number of nitrogens with one attached hydrogen (secondary N) is 1. The molecule has 1 saturated heterocycles.